The van der Waals surface area contributed by atoms with Gasteiger partial charge >= 0.3 is 0 Å². The molecule has 0 amide bonds. The number of hydrogen-bond acceptors (Lipinski definition) is 4. The van der Waals surface area contributed by atoms with Crippen LogP contribution in [0.4, 0.5) is 0 Å². The highest BCUT2D eigenvalue weighted by atomic mass is 32.2. The first-order valence-electron chi connectivity index (χ1n) is 5.22. The Labute approximate surface area is 96.0 Å². The van der Waals surface area contributed by atoms with Gasteiger partial charge in [0.2, 0.25) is 0 Å². The number of rotatable bonds is 7. The van der Waals surface area contributed by atoms with Gasteiger partial charge in [-0.1, -0.05) is 0 Å². The molecule has 0 fully saturated rings. The van der Waals surface area contributed by atoms with E-state index in [0.29, 0.717) is 0 Å². The normalized spacial score (nSPS) is 11.2. The van der Waals surface area contributed by atoms with E-state index in [9.17, 15) is 0 Å². The van der Waals surface area contributed by atoms with Gasteiger partial charge in [-0.25, -0.2) is 0 Å². The van der Waals surface area contributed by atoms with Gasteiger partial charge in [-0.2, -0.15) is 11.8 Å². The molecular weight excluding hydrogens is 208 g/mol. The minimum absolute atomic E-state index is 0.735. The monoisotopic (exact) mass is 228 g/mol. The molecule has 15 heavy (non-hydrogen) atoms. The van der Waals surface area contributed by atoms with Crippen LogP contribution in [0.2, 0.25) is 0 Å². The van der Waals surface area contributed by atoms with Gasteiger partial charge in [0.05, 0.1) is 5.75 Å². The van der Waals surface area contributed by atoms with Crippen molar-refractivity contribution in [1.29, 1.82) is 0 Å². The minimum Gasteiger partial charge on any atom is -0.465 e. The molecule has 2 N–H and O–H groups in total. The predicted molar refractivity (Wildman–Crippen MR) is 66.2 cm³/mol. The van der Waals surface area contributed by atoms with Crippen molar-refractivity contribution in [3.63, 3.8) is 0 Å². The number of furan rings is 1. The quantitative estimate of drug-likeness (QED) is 0.719. The van der Waals surface area contributed by atoms with Crippen molar-refractivity contribution in [1.82, 2.24) is 4.90 Å². The van der Waals surface area contributed by atoms with Gasteiger partial charge < -0.3 is 15.1 Å². The zero-order valence-corrected chi connectivity index (χ0v) is 10.3. The Morgan fingerprint density at radius 3 is 2.73 bits per heavy atom. The van der Waals surface area contributed by atoms with Crippen molar-refractivity contribution in [3.05, 3.63) is 23.7 Å². The molecule has 1 rings (SSSR count). The zero-order chi connectivity index (χ0) is 11.1. The fourth-order valence-electron chi connectivity index (χ4n) is 1.22. The summed E-state index contributed by atoms with van der Waals surface area (Å²) >= 11 is 1.81. The Kier molecular flexibility index (Phi) is 5.83. The van der Waals surface area contributed by atoms with Crippen molar-refractivity contribution in [2.45, 2.75) is 12.2 Å². The number of likely N-dealkylation sites (N-methyl/N-ethyl adjacent to an activating group) is 1. The van der Waals surface area contributed by atoms with Gasteiger partial charge in [-0.3, -0.25) is 0 Å². The van der Waals surface area contributed by atoms with Crippen molar-refractivity contribution in [2.75, 3.05) is 32.9 Å². The Balaban J connectivity index is 2.29. The average molecular weight is 228 g/mol. The van der Waals surface area contributed by atoms with Crippen LogP contribution in [0.1, 0.15) is 11.5 Å². The second-order valence-corrected chi connectivity index (χ2v) is 4.87. The predicted octanol–water partition coefficient (Wildman–Crippen LogP) is 1.58. The number of thioether (sulfide) groups is 1. The molecule has 0 radical (unpaired) electrons. The van der Waals surface area contributed by atoms with Gasteiger partial charge in [-0.05, 0) is 26.2 Å². The summed E-state index contributed by atoms with van der Waals surface area (Å²) in [6, 6.07) is 4.14. The summed E-state index contributed by atoms with van der Waals surface area (Å²) in [5, 5.41) is 0. The lowest BCUT2D eigenvalue weighted by molar-refractivity contribution is 0.385. The highest BCUT2D eigenvalue weighted by molar-refractivity contribution is 7.98. The largest absolute Gasteiger partial charge is 0.465 e. The first-order valence-corrected chi connectivity index (χ1v) is 6.38. The summed E-state index contributed by atoms with van der Waals surface area (Å²) in [7, 11) is 4.14. The minimum atomic E-state index is 0.735. The van der Waals surface area contributed by atoms with Crippen LogP contribution in [0.5, 0.6) is 0 Å². The summed E-state index contributed by atoms with van der Waals surface area (Å²) in [5.41, 5.74) is 5.42. The topological polar surface area (TPSA) is 42.4 Å². The van der Waals surface area contributed by atoms with E-state index in [-0.39, 0.29) is 0 Å². The number of nitrogens with two attached hydrogens (primary N) is 1. The maximum Gasteiger partial charge on any atom is 0.114 e. The molecule has 4 heteroatoms. The van der Waals surface area contributed by atoms with Gasteiger partial charge in [0.15, 0.2) is 0 Å². The molecule has 1 heterocycles. The molecule has 0 aliphatic rings. The molecule has 0 spiro atoms. The van der Waals surface area contributed by atoms with Crippen LogP contribution in [0.25, 0.3) is 0 Å². The molecule has 1 aromatic rings. The van der Waals surface area contributed by atoms with Gasteiger partial charge in [0, 0.05) is 25.3 Å². The van der Waals surface area contributed by atoms with Crippen molar-refractivity contribution >= 4 is 11.8 Å². The van der Waals surface area contributed by atoms with Crippen molar-refractivity contribution in [3.8, 4) is 0 Å². The molecule has 0 atom stereocenters. The van der Waals surface area contributed by atoms with Crippen molar-refractivity contribution < 1.29 is 4.42 Å². The molecule has 0 saturated carbocycles. The first kappa shape index (κ1) is 12.6. The van der Waals surface area contributed by atoms with Gasteiger partial charge in [0.1, 0.15) is 11.5 Å². The van der Waals surface area contributed by atoms with E-state index in [0.717, 1.165) is 42.5 Å². The van der Waals surface area contributed by atoms with Crippen molar-refractivity contribution in [2.24, 2.45) is 5.73 Å². The van der Waals surface area contributed by atoms with Crippen LogP contribution in [-0.4, -0.2) is 37.8 Å². The molecular formula is C11H20N2OS. The second-order valence-electron chi connectivity index (χ2n) is 3.76. The molecule has 0 aliphatic carbocycles. The van der Waals surface area contributed by atoms with E-state index in [1.165, 1.54) is 0 Å². The molecule has 0 bridgehead atoms. The Morgan fingerprint density at radius 1 is 1.33 bits per heavy atom. The van der Waals surface area contributed by atoms with E-state index in [2.05, 4.69) is 31.1 Å². The maximum absolute atomic E-state index is 5.69. The lowest BCUT2D eigenvalue weighted by atomic mass is 10.3. The fourth-order valence-corrected chi connectivity index (χ4v) is 1.89. The highest BCUT2D eigenvalue weighted by Gasteiger charge is 2.02. The van der Waals surface area contributed by atoms with Crippen LogP contribution in [-0.2, 0) is 12.2 Å². The Morgan fingerprint density at radius 2 is 2.07 bits per heavy atom. The smallest absolute Gasteiger partial charge is 0.114 e. The number of nitrogens with zero attached hydrogens (tertiary/aromatic N) is 1. The van der Waals surface area contributed by atoms with Gasteiger partial charge in [0.25, 0.3) is 0 Å². The summed E-state index contributed by atoms with van der Waals surface area (Å²) in [5.74, 6) is 4.06. The molecule has 1 aromatic heterocycles. The molecule has 3 nitrogen and oxygen atoms in total. The molecule has 86 valence electrons. The second kappa shape index (κ2) is 6.93. The molecule has 0 saturated heterocycles. The van der Waals surface area contributed by atoms with E-state index < -0.39 is 0 Å². The lowest BCUT2D eigenvalue weighted by Crippen LogP contribution is -2.14. The van der Waals surface area contributed by atoms with E-state index in [1.807, 2.05) is 11.8 Å². The maximum atomic E-state index is 5.69. The third kappa shape index (κ3) is 5.25. The SMILES string of the molecule is CN(C)CCc1ccc(CSCCN)o1. The number of hydrogen-bond donors (Lipinski definition) is 1. The summed E-state index contributed by atoms with van der Waals surface area (Å²) in [4.78, 5) is 2.16. The zero-order valence-electron chi connectivity index (χ0n) is 9.53. The first-order chi connectivity index (χ1) is 7.22. The van der Waals surface area contributed by atoms with Crippen LogP contribution in [0, 0.1) is 0 Å². The molecule has 0 aliphatic heterocycles. The fraction of sp³-hybridized carbons (Fsp3) is 0.636. The Bertz CT molecular complexity index is 273. The van der Waals surface area contributed by atoms with Crippen LogP contribution < -0.4 is 5.73 Å². The van der Waals surface area contributed by atoms with E-state index in [1.54, 1.807) is 0 Å². The van der Waals surface area contributed by atoms with Crippen LogP contribution >= 0.6 is 11.8 Å². The third-order valence-corrected chi connectivity index (χ3v) is 3.04. The van der Waals surface area contributed by atoms with Crippen LogP contribution in [0.15, 0.2) is 16.5 Å². The van der Waals surface area contributed by atoms with Crippen LogP contribution in [0.3, 0.4) is 0 Å². The summed E-state index contributed by atoms with van der Waals surface area (Å²) in [6.07, 6.45) is 0.981. The summed E-state index contributed by atoms with van der Waals surface area (Å²) < 4.78 is 5.69. The standard InChI is InChI=1S/C11H20N2OS/c1-13(2)7-5-10-3-4-11(14-10)9-15-8-6-12/h3-4H,5-9,12H2,1-2H3. The Hall–Kier alpha value is -0.450. The van der Waals surface area contributed by atoms with E-state index in [4.69, 9.17) is 10.2 Å². The summed E-state index contributed by atoms with van der Waals surface area (Å²) in [6.45, 7) is 1.77. The van der Waals surface area contributed by atoms with E-state index >= 15 is 0 Å². The third-order valence-electron chi connectivity index (χ3n) is 2.03. The molecule has 0 aromatic carbocycles. The molecule has 0 unspecified atom stereocenters. The lowest BCUT2D eigenvalue weighted by Gasteiger charge is -2.06. The average Bonchev–Trinajstić information content (AvgIpc) is 2.63. The van der Waals surface area contributed by atoms with Gasteiger partial charge in [-0.15, -0.1) is 0 Å². The highest BCUT2D eigenvalue weighted by Crippen LogP contribution is 2.15.